The van der Waals surface area contributed by atoms with Crippen LogP contribution in [0.25, 0.3) is 11.1 Å². The summed E-state index contributed by atoms with van der Waals surface area (Å²) in [4.78, 5) is 42.9. The fourth-order valence-corrected chi connectivity index (χ4v) is 3.99. The zero-order valence-corrected chi connectivity index (χ0v) is 16.7. The summed E-state index contributed by atoms with van der Waals surface area (Å²) in [5, 5.41) is 2.68. The second kappa shape index (κ2) is 7.46. The standard InChI is InChI=1S/C21H20N4O6/c1-12(26)23-10-19-17-11-30-18-7-13(2-3-16(18)25(17)21(28)31-19)14-6-15(9-22-8-14)24-4-5-29-20(24)27/h2-3,6-9,17,19H,4-5,10-11H2,1H3,(H,23,26). The van der Waals surface area contributed by atoms with Crippen LogP contribution >= 0.6 is 0 Å². The van der Waals surface area contributed by atoms with Crippen molar-refractivity contribution in [2.75, 3.05) is 36.1 Å². The molecule has 3 amide bonds. The zero-order chi connectivity index (χ0) is 21.5. The molecule has 0 aliphatic carbocycles. The van der Waals surface area contributed by atoms with Crippen LogP contribution in [0, 0.1) is 0 Å². The number of pyridine rings is 1. The third-order valence-corrected chi connectivity index (χ3v) is 5.52. The van der Waals surface area contributed by atoms with Gasteiger partial charge in [-0.05, 0) is 23.8 Å². The number of amides is 3. The van der Waals surface area contributed by atoms with Gasteiger partial charge in [0.1, 0.15) is 31.1 Å². The molecule has 0 radical (unpaired) electrons. The van der Waals surface area contributed by atoms with Gasteiger partial charge >= 0.3 is 12.2 Å². The number of ether oxygens (including phenoxy) is 3. The number of cyclic esters (lactones) is 2. The molecule has 0 bridgehead atoms. The van der Waals surface area contributed by atoms with E-state index in [1.165, 1.54) is 11.8 Å². The molecule has 0 spiro atoms. The lowest BCUT2D eigenvalue weighted by atomic mass is 10.0. The van der Waals surface area contributed by atoms with Gasteiger partial charge in [-0.2, -0.15) is 0 Å². The number of rotatable bonds is 4. The Kier molecular flexibility index (Phi) is 4.61. The van der Waals surface area contributed by atoms with E-state index < -0.39 is 12.2 Å². The molecule has 1 aromatic heterocycles. The predicted molar refractivity (Wildman–Crippen MR) is 109 cm³/mol. The first-order chi connectivity index (χ1) is 15.0. The summed E-state index contributed by atoms with van der Waals surface area (Å²) in [5.74, 6) is 0.367. The van der Waals surface area contributed by atoms with Gasteiger partial charge in [0.05, 0.1) is 30.7 Å². The maximum absolute atomic E-state index is 12.5. The highest BCUT2D eigenvalue weighted by Gasteiger charge is 2.46. The van der Waals surface area contributed by atoms with Crippen molar-refractivity contribution < 1.29 is 28.6 Å². The molecule has 10 heteroatoms. The topological polar surface area (TPSA) is 110 Å². The summed E-state index contributed by atoms with van der Waals surface area (Å²) in [6, 6.07) is 7.05. The molecular weight excluding hydrogens is 404 g/mol. The number of nitrogens with one attached hydrogen (secondary N) is 1. The number of benzene rings is 1. The van der Waals surface area contributed by atoms with Gasteiger partial charge in [0.15, 0.2) is 0 Å². The monoisotopic (exact) mass is 424 g/mol. The first kappa shape index (κ1) is 19.2. The summed E-state index contributed by atoms with van der Waals surface area (Å²) >= 11 is 0. The van der Waals surface area contributed by atoms with Crippen molar-refractivity contribution in [2.45, 2.75) is 19.1 Å². The second-order valence-electron chi connectivity index (χ2n) is 7.49. The number of anilines is 2. The lowest BCUT2D eigenvalue weighted by Gasteiger charge is -2.31. The van der Waals surface area contributed by atoms with Crippen LogP contribution in [0.1, 0.15) is 6.92 Å². The van der Waals surface area contributed by atoms with E-state index in [0.717, 1.165) is 11.1 Å². The minimum atomic E-state index is -0.481. The number of nitrogens with zero attached hydrogens (tertiary/aromatic N) is 3. The van der Waals surface area contributed by atoms with Crippen LogP contribution in [-0.4, -0.2) is 61.5 Å². The smallest absolute Gasteiger partial charge is 0.415 e. The van der Waals surface area contributed by atoms with Crippen LogP contribution in [0.2, 0.25) is 0 Å². The minimum absolute atomic E-state index is 0.186. The molecule has 3 aliphatic heterocycles. The number of carbonyl (C=O) groups is 3. The van der Waals surface area contributed by atoms with Crippen LogP contribution in [-0.2, 0) is 14.3 Å². The SMILES string of the molecule is CC(=O)NCC1OC(=O)N2c3ccc(-c4cncc(N5CCOC5=O)c4)cc3OCC12. The third kappa shape index (κ3) is 3.39. The van der Waals surface area contributed by atoms with Crippen molar-refractivity contribution >= 4 is 29.5 Å². The fraction of sp³-hybridized carbons (Fsp3) is 0.333. The van der Waals surface area contributed by atoms with Crippen molar-refractivity contribution in [3.8, 4) is 16.9 Å². The van der Waals surface area contributed by atoms with Gasteiger partial charge in [-0.1, -0.05) is 6.07 Å². The maximum atomic E-state index is 12.5. The molecule has 31 heavy (non-hydrogen) atoms. The zero-order valence-electron chi connectivity index (χ0n) is 16.7. The Bertz CT molecular complexity index is 1070. The van der Waals surface area contributed by atoms with E-state index in [0.29, 0.717) is 30.3 Å². The number of carbonyl (C=O) groups excluding carboxylic acids is 3. The van der Waals surface area contributed by atoms with E-state index in [1.807, 2.05) is 18.2 Å². The molecular formula is C21H20N4O6. The molecule has 5 rings (SSSR count). The van der Waals surface area contributed by atoms with Gasteiger partial charge in [-0.25, -0.2) is 9.59 Å². The van der Waals surface area contributed by atoms with Gasteiger partial charge in [0.25, 0.3) is 0 Å². The molecule has 10 nitrogen and oxygen atoms in total. The van der Waals surface area contributed by atoms with Gasteiger partial charge < -0.3 is 19.5 Å². The Morgan fingerprint density at radius 2 is 2.03 bits per heavy atom. The highest BCUT2D eigenvalue weighted by Crippen LogP contribution is 2.41. The van der Waals surface area contributed by atoms with Gasteiger partial charge in [-0.15, -0.1) is 0 Å². The Hall–Kier alpha value is -3.82. The van der Waals surface area contributed by atoms with E-state index in [1.54, 1.807) is 23.4 Å². The van der Waals surface area contributed by atoms with E-state index >= 15 is 0 Å². The molecule has 3 aliphatic rings. The quantitative estimate of drug-likeness (QED) is 0.798. The molecule has 1 aromatic carbocycles. The van der Waals surface area contributed by atoms with E-state index in [4.69, 9.17) is 14.2 Å². The lowest BCUT2D eigenvalue weighted by Crippen LogP contribution is -2.47. The predicted octanol–water partition coefficient (Wildman–Crippen LogP) is 1.93. The molecule has 0 saturated carbocycles. The minimum Gasteiger partial charge on any atom is -0.489 e. The Labute approximate surface area is 177 Å². The van der Waals surface area contributed by atoms with Crippen molar-refractivity contribution in [2.24, 2.45) is 0 Å². The van der Waals surface area contributed by atoms with Crippen LogP contribution < -0.4 is 19.9 Å². The van der Waals surface area contributed by atoms with Crippen molar-refractivity contribution in [3.05, 3.63) is 36.7 Å². The Morgan fingerprint density at radius 1 is 1.16 bits per heavy atom. The summed E-state index contributed by atoms with van der Waals surface area (Å²) in [6.07, 6.45) is 1.98. The molecule has 2 fully saturated rings. The van der Waals surface area contributed by atoms with Crippen LogP contribution in [0.3, 0.4) is 0 Å². The second-order valence-corrected chi connectivity index (χ2v) is 7.49. The number of hydrogen-bond donors (Lipinski definition) is 1. The van der Waals surface area contributed by atoms with Crippen molar-refractivity contribution in [1.82, 2.24) is 10.3 Å². The summed E-state index contributed by atoms with van der Waals surface area (Å²) in [7, 11) is 0. The molecule has 160 valence electrons. The fourth-order valence-electron chi connectivity index (χ4n) is 3.99. The van der Waals surface area contributed by atoms with Crippen molar-refractivity contribution in [3.63, 3.8) is 0 Å². The number of fused-ring (bicyclic) bond motifs is 3. The van der Waals surface area contributed by atoms with E-state index in [2.05, 4.69) is 10.3 Å². The molecule has 2 saturated heterocycles. The molecule has 1 N–H and O–H groups in total. The summed E-state index contributed by atoms with van der Waals surface area (Å²) in [5.41, 5.74) is 2.91. The van der Waals surface area contributed by atoms with Crippen LogP contribution in [0.15, 0.2) is 36.7 Å². The largest absolute Gasteiger partial charge is 0.489 e. The van der Waals surface area contributed by atoms with Gasteiger partial charge in [0, 0.05) is 18.7 Å². The normalized spacial score (nSPS) is 21.7. The summed E-state index contributed by atoms with van der Waals surface area (Å²) in [6.45, 7) is 2.74. The Balaban J connectivity index is 1.41. The van der Waals surface area contributed by atoms with Gasteiger partial charge in [-0.3, -0.25) is 19.6 Å². The molecule has 4 heterocycles. The third-order valence-electron chi connectivity index (χ3n) is 5.52. The van der Waals surface area contributed by atoms with Crippen LogP contribution in [0.4, 0.5) is 21.0 Å². The maximum Gasteiger partial charge on any atom is 0.415 e. The highest BCUT2D eigenvalue weighted by molar-refractivity contribution is 5.94. The van der Waals surface area contributed by atoms with E-state index in [-0.39, 0.29) is 31.2 Å². The molecule has 2 unspecified atom stereocenters. The molecule has 2 aromatic rings. The average molecular weight is 424 g/mol. The summed E-state index contributed by atoms with van der Waals surface area (Å²) < 4.78 is 16.4. The first-order valence-corrected chi connectivity index (χ1v) is 9.92. The average Bonchev–Trinajstić information content (AvgIpc) is 3.35. The Morgan fingerprint density at radius 3 is 2.81 bits per heavy atom. The lowest BCUT2D eigenvalue weighted by molar-refractivity contribution is -0.119. The highest BCUT2D eigenvalue weighted by atomic mass is 16.6. The first-order valence-electron chi connectivity index (χ1n) is 9.92. The number of aromatic nitrogens is 1. The van der Waals surface area contributed by atoms with Gasteiger partial charge in [0.2, 0.25) is 5.91 Å². The number of hydrogen-bond acceptors (Lipinski definition) is 7. The molecule has 2 atom stereocenters. The van der Waals surface area contributed by atoms with Crippen molar-refractivity contribution in [1.29, 1.82) is 0 Å². The van der Waals surface area contributed by atoms with Crippen LogP contribution in [0.5, 0.6) is 5.75 Å². The van der Waals surface area contributed by atoms with E-state index in [9.17, 15) is 14.4 Å².